The van der Waals surface area contributed by atoms with Crippen molar-refractivity contribution in [2.24, 2.45) is 5.41 Å². The third-order valence-electron chi connectivity index (χ3n) is 3.85. The van der Waals surface area contributed by atoms with E-state index in [9.17, 15) is 9.90 Å². The second kappa shape index (κ2) is 8.56. The van der Waals surface area contributed by atoms with Gasteiger partial charge in [0.1, 0.15) is 0 Å². The Hall–Kier alpha value is -2.75. The van der Waals surface area contributed by atoms with Crippen LogP contribution >= 0.6 is 0 Å². The number of nitrogens with one attached hydrogen (secondary N) is 1. The third kappa shape index (κ3) is 6.28. The van der Waals surface area contributed by atoms with Gasteiger partial charge >= 0.3 is 0 Å². The van der Waals surface area contributed by atoms with Crippen molar-refractivity contribution in [1.82, 2.24) is 5.32 Å². The molecule has 2 N–H and O–H groups in total. The molecule has 0 heterocycles. The molecule has 0 spiro atoms. The van der Waals surface area contributed by atoms with E-state index >= 15 is 0 Å². The molecule has 0 saturated heterocycles. The maximum atomic E-state index is 12.0. The molecule has 2 rings (SSSR count). The zero-order chi connectivity index (χ0) is 19.2. The van der Waals surface area contributed by atoms with E-state index < -0.39 is 0 Å². The van der Waals surface area contributed by atoms with Crippen LogP contribution in [0, 0.1) is 5.41 Å². The molecule has 0 atom stereocenters. The first-order valence-electron chi connectivity index (χ1n) is 8.67. The third-order valence-corrected chi connectivity index (χ3v) is 3.85. The van der Waals surface area contributed by atoms with Crippen LogP contribution in [0.1, 0.15) is 37.5 Å². The molecule has 0 unspecified atom stereocenters. The molecular formula is C22H27NO3. The van der Waals surface area contributed by atoms with Crippen LogP contribution in [0.25, 0.3) is 6.08 Å². The fourth-order valence-corrected chi connectivity index (χ4v) is 2.61. The molecule has 1 amide bonds. The number of phenols is 1. The minimum Gasteiger partial charge on any atom is -0.504 e. The van der Waals surface area contributed by atoms with Crippen molar-refractivity contribution in [3.8, 4) is 11.5 Å². The average molecular weight is 353 g/mol. The lowest BCUT2D eigenvalue weighted by Crippen LogP contribution is -2.20. The van der Waals surface area contributed by atoms with Crippen LogP contribution in [-0.2, 0) is 17.8 Å². The van der Waals surface area contributed by atoms with Gasteiger partial charge in [0.25, 0.3) is 0 Å². The second-order valence-electron chi connectivity index (χ2n) is 7.54. The maximum absolute atomic E-state index is 12.0. The van der Waals surface area contributed by atoms with Gasteiger partial charge in [-0.2, -0.15) is 0 Å². The molecule has 26 heavy (non-hydrogen) atoms. The van der Waals surface area contributed by atoms with Crippen molar-refractivity contribution >= 4 is 12.0 Å². The summed E-state index contributed by atoms with van der Waals surface area (Å²) in [5.41, 5.74) is 3.39. The van der Waals surface area contributed by atoms with E-state index in [0.29, 0.717) is 12.3 Å². The van der Waals surface area contributed by atoms with Crippen molar-refractivity contribution in [1.29, 1.82) is 0 Å². The van der Waals surface area contributed by atoms with Gasteiger partial charge in [0.05, 0.1) is 7.11 Å². The lowest BCUT2D eigenvalue weighted by molar-refractivity contribution is -0.116. The highest BCUT2D eigenvalue weighted by molar-refractivity contribution is 5.91. The van der Waals surface area contributed by atoms with Gasteiger partial charge in [-0.1, -0.05) is 51.1 Å². The van der Waals surface area contributed by atoms with Crippen molar-refractivity contribution in [3.05, 3.63) is 65.2 Å². The molecule has 0 bridgehead atoms. The highest BCUT2D eigenvalue weighted by atomic mass is 16.5. The van der Waals surface area contributed by atoms with Gasteiger partial charge in [-0.3, -0.25) is 4.79 Å². The van der Waals surface area contributed by atoms with Crippen molar-refractivity contribution in [2.45, 2.75) is 33.7 Å². The summed E-state index contributed by atoms with van der Waals surface area (Å²) < 4.78 is 5.06. The van der Waals surface area contributed by atoms with Gasteiger partial charge in [0, 0.05) is 12.6 Å². The summed E-state index contributed by atoms with van der Waals surface area (Å²) in [7, 11) is 1.49. The Morgan fingerprint density at radius 2 is 1.77 bits per heavy atom. The largest absolute Gasteiger partial charge is 0.504 e. The number of carbonyl (C=O) groups is 1. The Bertz CT molecular complexity index is 771. The highest BCUT2D eigenvalue weighted by Gasteiger charge is 2.10. The Morgan fingerprint density at radius 1 is 1.12 bits per heavy atom. The zero-order valence-electron chi connectivity index (χ0n) is 15.9. The predicted octanol–water partition coefficient (Wildman–Crippen LogP) is 4.32. The molecule has 4 nitrogen and oxygen atoms in total. The predicted molar refractivity (Wildman–Crippen MR) is 105 cm³/mol. The number of ether oxygens (including phenoxy) is 1. The lowest BCUT2D eigenvalue weighted by Gasteiger charge is -2.17. The fourth-order valence-electron chi connectivity index (χ4n) is 2.61. The number of rotatable bonds is 6. The summed E-state index contributed by atoms with van der Waals surface area (Å²) in [5, 5.41) is 12.4. The first-order chi connectivity index (χ1) is 12.3. The number of phenolic OH excluding ortho intramolecular Hbond substituents is 1. The average Bonchev–Trinajstić information content (AvgIpc) is 2.59. The van der Waals surface area contributed by atoms with Gasteiger partial charge < -0.3 is 15.2 Å². The van der Waals surface area contributed by atoms with Crippen molar-refractivity contribution in [2.75, 3.05) is 7.11 Å². The standard InChI is InChI=1S/C22H27NO3/c1-22(2,3)14-17-7-5-16(6-8-17)10-12-21(25)23-15-18-9-11-19(24)20(13-18)26-4/h5-13,24H,14-15H2,1-4H3,(H,23,25). The number of amides is 1. The molecule has 0 fully saturated rings. The van der Waals surface area contributed by atoms with Gasteiger partial charge in [0.15, 0.2) is 11.5 Å². The smallest absolute Gasteiger partial charge is 0.244 e. The summed E-state index contributed by atoms with van der Waals surface area (Å²) in [5.74, 6) is 0.302. The molecule has 2 aromatic carbocycles. The zero-order valence-corrected chi connectivity index (χ0v) is 15.9. The Balaban J connectivity index is 1.89. The van der Waals surface area contributed by atoms with E-state index in [2.05, 4.69) is 38.2 Å². The summed E-state index contributed by atoms with van der Waals surface area (Å²) in [6.45, 7) is 7.02. The summed E-state index contributed by atoms with van der Waals surface area (Å²) in [6.07, 6.45) is 4.34. The van der Waals surface area contributed by atoms with E-state index in [1.165, 1.54) is 18.7 Å². The van der Waals surface area contributed by atoms with Crippen LogP contribution < -0.4 is 10.1 Å². The molecule has 4 heteroatoms. The van der Waals surface area contributed by atoms with Gasteiger partial charge in [-0.15, -0.1) is 0 Å². The molecule has 0 saturated carbocycles. The van der Waals surface area contributed by atoms with E-state index in [4.69, 9.17) is 4.74 Å². The fraction of sp³-hybridized carbons (Fsp3) is 0.318. The van der Waals surface area contributed by atoms with Gasteiger partial charge in [-0.05, 0) is 46.7 Å². The molecule has 0 aromatic heterocycles. The molecular weight excluding hydrogens is 326 g/mol. The van der Waals surface area contributed by atoms with Crippen LogP contribution in [-0.4, -0.2) is 18.1 Å². The monoisotopic (exact) mass is 353 g/mol. The molecule has 0 aliphatic rings. The highest BCUT2D eigenvalue weighted by Crippen LogP contribution is 2.26. The van der Waals surface area contributed by atoms with Crippen LogP contribution in [0.3, 0.4) is 0 Å². The SMILES string of the molecule is COc1cc(CNC(=O)C=Cc2ccc(CC(C)(C)C)cc2)ccc1O. The second-order valence-corrected chi connectivity index (χ2v) is 7.54. The number of aromatic hydroxyl groups is 1. The van der Waals surface area contributed by atoms with E-state index in [1.54, 1.807) is 24.3 Å². The quantitative estimate of drug-likeness (QED) is 0.761. The number of methoxy groups -OCH3 is 1. The van der Waals surface area contributed by atoms with E-state index in [1.807, 2.05) is 12.1 Å². The van der Waals surface area contributed by atoms with Crippen molar-refractivity contribution in [3.63, 3.8) is 0 Å². The summed E-state index contributed by atoms with van der Waals surface area (Å²) in [4.78, 5) is 12.0. The van der Waals surface area contributed by atoms with Crippen LogP contribution in [0.5, 0.6) is 11.5 Å². The minimum atomic E-state index is -0.171. The summed E-state index contributed by atoms with van der Waals surface area (Å²) in [6, 6.07) is 13.3. The first-order valence-corrected chi connectivity index (χ1v) is 8.67. The molecule has 0 aliphatic heterocycles. The van der Waals surface area contributed by atoms with Crippen LogP contribution in [0.4, 0.5) is 0 Å². The Kier molecular flexibility index (Phi) is 6.45. The number of hydrogen-bond acceptors (Lipinski definition) is 3. The van der Waals surface area contributed by atoms with Crippen LogP contribution in [0.15, 0.2) is 48.5 Å². The molecule has 2 aromatic rings. The number of carbonyl (C=O) groups excluding carboxylic acids is 1. The lowest BCUT2D eigenvalue weighted by atomic mass is 9.88. The molecule has 0 radical (unpaired) electrons. The van der Waals surface area contributed by atoms with Gasteiger partial charge in [0.2, 0.25) is 5.91 Å². The Labute approximate surface area is 155 Å². The van der Waals surface area contributed by atoms with Crippen molar-refractivity contribution < 1.29 is 14.6 Å². The molecule has 138 valence electrons. The van der Waals surface area contributed by atoms with Crippen LogP contribution in [0.2, 0.25) is 0 Å². The molecule has 0 aliphatic carbocycles. The van der Waals surface area contributed by atoms with E-state index in [-0.39, 0.29) is 17.1 Å². The topological polar surface area (TPSA) is 58.6 Å². The van der Waals surface area contributed by atoms with Gasteiger partial charge in [-0.25, -0.2) is 0 Å². The minimum absolute atomic E-state index is 0.0809. The number of hydrogen-bond donors (Lipinski definition) is 2. The number of benzene rings is 2. The summed E-state index contributed by atoms with van der Waals surface area (Å²) >= 11 is 0. The normalized spacial score (nSPS) is 11.5. The Morgan fingerprint density at radius 3 is 2.38 bits per heavy atom. The van der Waals surface area contributed by atoms with E-state index in [0.717, 1.165) is 17.5 Å². The first kappa shape index (κ1) is 19.6. The maximum Gasteiger partial charge on any atom is 0.244 e.